The van der Waals surface area contributed by atoms with Crippen LogP contribution >= 0.6 is 15.9 Å². The van der Waals surface area contributed by atoms with Gasteiger partial charge in [-0.15, -0.1) is 0 Å². The molecule has 0 radical (unpaired) electrons. The van der Waals surface area contributed by atoms with E-state index in [1.165, 1.54) is 6.07 Å². The highest BCUT2D eigenvalue weighted by Gasteiger charge is 2.02. The second kappa shape index (κ2) is 4.01. The first kappa shape index (κ1) is 9.68. The number of halogens is 2. The summed E-state index contributed by atoms with van der Waals surface area (Å²) in [6, 6.07) is 4.86. The van der Waals surface area contributed by atoms with Crippen molar-refractivity contribution >= 4 is 15.9 Å². The molecule has 0 bridgehead atoms. The summed E-state index contributed by atoms with van der Waals surface area (Å²) in [6.45, 7) is 1.68. The first-order valence-electron chi connectivity index (χ1n) is 3.71. The average molecular weight is 233 g/mol. The predicted octanol–water partition coefficient (Wildman–Crippen LogP) is 2.51. The van der Waals surface area contributed by atoms with E-state index in [1.54, 1.807) is 19.1 Å². The van der Waals surface area contributed by atoms with Gasteiger partial charge < -0.3 is 5.11 Å². The summed E-state index contributed by atoms with van der Waals surface area (Å²) in [7, 11) is 0. The van der Waals surface area contributed by atoms with E-state index in [-0.39, 0.29) is 5.82 Å². The smallest absolute Gasteiger partial charge is 0.137 e. The molecule has 1 aromatic carbocycles. The molecule has 1 nitrogen and oxygen atoms in total. The molecule has 1 aromatic rings. The maximum absolute atomic E-state index is 12.9. The van der Waals surface area contributed by atoms with Crippen LogP contribution in [0.3, 0.4) is 0 Å². The van der Waals surface area contributed by atoms with E-state index in [4.69, 9.17) is 5.11 Å². The van der Waals surface area contributed by atoms with E-state index in [0.29, 0.717) is 10.9 Å². The lowest BCUT2D eigenvalue weighted by Gasteiger charge is -2.04. The SMILES string of the molecule is C[C@@H](O)Cc1ccc(Br)c(F)c1. The van der Waals surface area contributed by atoms with Crippen LogP contribution in [-0.2, 0) is 6.42 Å². The van der Waals surface area contributed by atoms with E-state index in [2.05, 4.69) is 15.9 Å². The largest absolute Gasteiger partial charge is 0.393 e. The van der Waals surface area contributed by atoms with Crippen LogP contribution in [0.2, 0.25) is 0 Å². The van der Waals surface area contributed by atoms with E-state index in [1.807, 2.05) is 0 Å². The molecule has 0 aliphatic carbocycles. The van der Waals surface area contributed by atoms with Crippen molar-refractivity contribution in [2.24, 2.45) is 0 Å². The van der Waals surface area contributed by atoms with Crippen LogP contribution in [0.1, 0.15) is 12.5 Å². The Labute approximate surface area is 79.4 Å². The van der Waals surface area contributed by atoms with Gasteiger partial charge in [-0.25, -0.2) is 4.39 Å². The topological polar surface area (TPSA) is 20.2 Å². The third-order valence-corrected chi connectivity index (χ3v) is 2.16. The third-order valence-electron chi connectivity index (χ3n) is 1.52. The Balaban J connectivity index is 2.82. The van der Waals surface area contributed by atoms with Crippen LogP contribution in [0.4, 0.5) is 4.39 Å². The Bertz CT molecular complexity index is 273. The molecule has 0 spiro atoms. The van der Waals surface area contributed by atoms with Gasteiger partial charge >= 0.3 is 0 Å². The molecule has 0 saturated carbocycles. The Morgan fingerprint density at radius 1 is 1.58 bits per heavy atom. The molecule has 0 unspecified atom stereocenters. The predicted molar refractivity (Wildman–Crippen MR) is 49.5 cm³/mol. The number of hydrogen-bond acceptors (Lipinski definition) is 1. The van der Waals surface area contributed by atoms with Gasteiger partial charge in [0.1, 0.15) is 5.82 Å². The summed E-state index contributed by atoms with van der Waals surface area (Å²) in [5.41, 5.74) is 0.811. The minimum absolute atomic E-state index is 0.284. The molecule has 0 fully saturated rings. The molecule has 12 heavy (non-hydrogen) atoms. The van der Waals surface area contributed by atoms with Gasteiger partial charge in [-0.1, -0.05) is 6.07 Å². The summed E-state index contributed by atoms with van der Waals surface area (Å²) < 4.78 is 13.4. The van der Waals surface area contributed by atoms with Gasteiger partial charge in [-0.2, -0.15) is 0 Å². The van der Waals surface area contributed by atoms with E-state index in [0.717, 1.165) is 5.56 Å². The molecule has 0 amide bonds. The molecule has 66 valence electrons. The number of benzene rings is 1. The Morgan fingerprint density at radius 3 is 2.75 bits per heavy atom. The Kier molecular flexibility index (Phi) is 3.23. The minimum Gasteiger partial charge on any atom is -0.393 e. The van der Waals surface area contributed by atoms with Crippen molar-refractivity contribution in [2.75, 3.05) is 0 Å². The highest BCUT2D eigenvalue weighted by molar-refractivity contribution is 9.10. The second-order valence-electron chi connectivity index (χ2n) is 2.80. The lowest BCUT2D eigenvalue weighted by atomic mass is 10.1. The standard InChI is InChI=1S/C9H10BrFO/c1-6(12)4-7-2-3-8(10)9(11)5-7/h2-3,5-6,12H,4H2,1H3/t6-/m1/s1. The van der Waals surface area contributed by atoms with Crippen LogP contribution in [0.25, 0.3) is 0 Å². The van der Waals surface area contributed by atoms with E-state index in [9.17, 15) is 4.39 Å². The van der Waals surface area contributed by atoms with Gasteiger partial charge in [-0.3, -0.25) is 0 Å². The Hall–Kier alpha value is -0.410. The van der Waals surface area contributed by atoms with Crippen molar-refractivity contribution in [3.63, 3.8) is 0 Å². The molecular formula is C9H10BrFO. The fraction of sp³-hybridized carbons (Fsp3) is 0.333. The van der Waals surface area contributed by atoms with Gasteiger partial charge in [0.2, 0.25) is 0 Å². The molecule has 0 aliphatic heterocycles. The van der Waals surface area contributed by atoms with Crippen molar-refractivity contribution in [1.82, 2.24) is 0 Å². The van der Waals surface area contributed by atoms with E-state index < -0.39 is 6.10 Å². The van der Waals surface area contributed by atoms with Crippen molar-refractivity contribution in [1.29, 1.82) is 0 Å². The number of aliphatic hydroxyl groups is 1. The lowest BCUT2D eigenvalue weighted by Crippen LogP contribution is -2.04. The fourth-order valence-corrected chi connectivity index (χ4v) is 1.25. The summed E-state index contributed by atoms with van der Waals surface area (Å²) in [6.07, 6.45) is 0.0649. The van der Waals surface area contributed by atoms with Gasteiger partial charge in [-0.05, 0) is 47.0 Å². The number of aliphatic hydroxyl groups excluding tert-OH is 1. The molecule has 1 rings (SSSR count). The van der Waals surface area contributed by atoms with Crippen LogP contribution in [-0.4, -0.2) is 11.2 Å². The van der Waals surface area contributed by atoms with E-state index >= 15 is 0 Å². The summed E-state index contributed by atoms with van der Waals surface area (Å²) in [5, 5.41) is 9.03. The molecule has 3 heteroatoms. The first-order valence-corrected chi connectivity index (χ1v) is 4.51. The van der Waals surface area contributed by atoms with Gasteiger partial charge in [0.25, 0.3) is 0 Å². The molecule has 1 atom stereocenters. The summed E-state index contributed by atoms with van der Waals surface area (Å²) >= 11 is 3.06. The maximum Gasteiger partial charge on any atom is 0.137 e. The van der Waals surface area contributed by atoms with Crippen molar-refractivity contribution in [2.45, 2.75) is 19.4 Å². The molecule has 0 aromatic heterocycles. The highest BCUT2D eigenvalue weighted by atomic mass is 79.9. The van der Waals surface area contributed by atoms with Gasteiger partial charge in [0.05, 0.1) is 10.6 Å². The van der Waals surface area contributed by atoms with Crippen LogP contribution < -0.4 is 0 Å². The zero-order valence-electron chi connectivity index (χ0n) is 6.72. The molecule has 0 aliphatic rings. The van der Waals surface area contributed by atoms with Crippen molar-refractivity contribution in [3.05, 3.63) is 34.1 Å². The molecule has 1 N–H and O–H groups in total. The van der Waals surface area contributed by atoms with Crippen LogP contribution in [0.5, 0.6) is 0 Å². The maximum atomic E-state index is 12.9. The van der Waals surface area contributed by atoms with Crippen LogP contribution in [0, 0.1) is 5.82 Å². The van der Waals surface area contributed by atoms with Gasteiger partial charge in [0, 0.05) is 0 Å². The average Bonchev–Trinajstić information content (AvgIpc) is 1.96. The molecule has 0 saturated heterocycles. The monoisotopic (exact) mass is 232 g/mol. The molecular weight excluding hydrogens is 223 g/mol. The fourth-order valence-electron chi connectivity index (χ4n) is 1.01. The quantitative estimate of drug-likeness (QED) is 0.832. The summed E-state index contributed by atoms with van der Waals surface area (Å²) in [4.78, 5) is 0. The molecule has 0 heterocycles. The zero-order chi connectivity index (χ0) is 9.14. The third kappa shape index (κ3) is 2.57. The minimum atomic E-state index is -0.425. The number of rotatable bonds is 2. The van der Waals surface area contributed by atoms with Crippen LogP contribution in [0.15, 0.2) is 22.7 Å². The first-order chi connectivity index (χ1) is 5.59. The van der Waals surface area contributed by atoms with Gasteiger partial charge in [0.15, 0.2) is 0 Å². The number of hydrogen-bond donors (Lipinski definition) is 1. The lowest BCUT2D eigenvalue weighted by molar-refractivity contribution is 0.195. The highest BCUT2D eigenvalue weighted by Crippen LogP contribution is 2.17. The summed E-state index contributed by atoms with van der Waals surface area (Å²) in [5.74, 6) is -0.284. The van der Waals surface area contributed by atoms with Crippen molar-refractivity contribution in [3.8, 4) is 0 Å². The Morgan fingerprint density at radius 2 is 2.25 bits per heavy atom. The zero-order valence-corrected chi connectivity index (χ0v) is 8.31. The normalized spacial score (nSPS) is 13.0. The second-order valence-corrected chi connectivity index (χ2v) is 3.66. The van der Waals surface area contributed by atoms with Crippen molar-refractivity contribution < 1.29 is 9.50 Å².